The minimum Gasteiger partial charge on any atom is -0.490 e. The van der Waals surface area contributed by atoms with Crippen LogP contribution >= 0.6 is 11.6 Å². The Labute approximate surface area is 149 Å². The van der Waals surface area contributed by atoms with Crippen LogP contribution in [0.25, 0.3) is 11.5 Å². The van der Waals surface area contributed by atoms with Gasteiger partial charge in [0.1, 0.15) is 0 Å². The van der Waals surface area contributed by atoms with Crippen molar-refractivity contribution in [1.82, 2.24) is 10.2 Å². The van der Waals surface area contributed by atoms with Gasteiger partial charge in [0.25, 0.3) is 5.89 Å². The van der Waals surface area contributed by atoms with Crippen LogP contribution in [0.3, 0.4) is 0 Å². The van der Waals surface area contributed by atoms with Gasteiger partial charge in [-0.1, -0.05) is 11.6 Å². The van der Waals surface area contributed by atoms with E-state index < -0.39 is 0 Å². The summed E-state index contributed by atoms with van der Waals surface area (Å²) in [6.07, 6.45) is 0. The lowest BCUT2D eigenvalue weighted by Crippen LogP contribution is -2.00. The Hall–Kier alpha value is -3.04. The van der Waals surface area contributed by atoms with E-state index >= 15 is 0 Å². The standard InChI is InChI=1S/C18H14ClN3O3/c1-2-23-16-9-12(10-20)3-8-15(16)24-11-17-21-22-18(25-17)13-4-6-14(19)7-5-13/h3-9H,2,11H2,1H3. The van der Waals surface area contributed by atoms with Crippen LogP contribution in [0, 0.1) is 11.3 Å². The second kappa shape index (κ2) is 7.69. The van der Waals surface area contributed by atoms with Gasteiger partial charge in [0, 0.05) is 16.7 Å². The van der Waals surface area contributed by atoms with Gasteiger partial charge in [-0.25, -0.2) is 0 Å². The predicted molar refractivity (Wildman–Crippen MR) is 91.4 cm³/mol. The smallest absolute Gasteiger partial charge is 0.254 e. The average Bonchev–Trinajstić information content (AvgIpc) is 3.10. The van der Waals surface area contributed by atoms with Crippen LogP contribution in [0.4, 0.5) is 0 Å². The van der Waals surface area contributed by atoms with Gasteiger partial charge in [-0.2, -0.15) is 5.26 Å². The number of rotatable bonds is 6. The molecule has 0 amide bonds. The SMILES string of the molecule is CCOc1cc(C#N)ccc1OCc1nnc(-c2ccc(Cl)cc2)o1. The molecule has 0 aliphatic heterocycles. The third kappa shape index (κ3) is 4.08. The molecule has 0 unspecified atom stereocenters. The molecule has 3 aromatic rings. The van der Waals surface area contributed by atoms with E-state index in [1.54, 1.807) is 42.5 Å². The quantitative estimate of drug-likeness (QED) is 0.657. The lowest BCUT2D eigenvalue weighted by Gasteiger charge is -2.10. The molecule has 0 N–H and O–H groups in total. The van der Waals surface area contributed by atoms with E-state index in [4.69, 9.17) is 30.8 Å². The molecule has 2 aromatic carbocycles. The zero-order valence-corrected chi connectivity index (χ0v) is 14.2. The molecule has 7 heteroatoms. The fourth-order valence-corrected chi connectivity index (χ4v) is 2.25. The second-order valence-electron chi connectivity index (χ2n) is 5.00. The van der Waals surface area contributed by atoms with Crippen LogP contribution in [-0.4, -0.2) is 16.8 Å². The normalized spacial score (nSPS) is 10.3. The predicted octanol–water partition coefficient (Wildman–Crippen LogP) is 4.24. The summed E-state index contributed by atoms with van der Waals surface area (Å²) in [6, 6.07) is 14.1. The first-order valence-corrected chi connectivity index (χ1v) is 7.95. The zero-order chi connectivity index (χ0) is 17.6. The highest BCUT2D eigenvalue weighted by molar-refractivity contribution is 6.30. The van der Waals surface area contributed by atoms with E-state index in [2.05, 4.69) is 16.3 Å². The Morgan fingerprint density at radius 3 is 2.60 bits per heavy atom. The molecule has 0 bridgehead atoms. The minimum absolute atomic E-state index is 0.0898. The summed E-state index contributed by atoms with van der Waals surface area (Å²) in [5.74, 6) is 1.72. The van der Waals surface area contributed by atoms with Crippen LogP contribution < -0.4 is 9.47 Å². The first-order chi connectivity index (χ1) is 12.2. The summed E-state index contributed by atoms with van der Waals surface area (Å²) in [4.78, 5) is 0. The summed E-state index contributed by atoms with van der Waals surface area (Å²) in [5.41, 5.74) is 1.27. The highest BCUT2D eigenvalue weighted by Crippen LogP contribution is 2.29. The third-order valence-corrected chi connectivity index (χ3v) is 3.53. The summed E-state index contributed by atoms with van der Waals surface area (Å²) >= 11 is 5.87. The van der Waals surface area contributed by atoms with Gasteiger partial charge in [0.15, 0.2) is 18.1 Å². The van der Waals surface area contributed by atoms with Gasteiger partial charge in [-0.05, 0) is 43.3 Å². The summed E-state index contributed by atoms with van der Waals surface area (Å²) < 4.78 is 16.8. The maximum absolute atomic E-state index is 8.97. The lowest BCUT2D eigenvalue weighted by molar-refractivity contribution is 0.243. The number of nitriles is 1. The van der Waals surface area contributed by atoms with Gasteiger partial charge in [0.2, 0.25) is 5.89 Å². The van der Waals surface area contributed by atoms with Crippen molar-refractivity contribution in [3.8, 4) is 29.0 Å². The van der Waals surface area contributed by atoms with E-state index in [0.717, 1.165) is 5.56 Å². The molecule has 0 atom stereocenters. The monoisotopic (exact) mass is 355 g/mol. The molecule has 0 saturated carbocycles. The number of hydrogen-bond donors (Lipinski definition) is 0. The average molecular weight is 356 g/mol. The van der Waals surface area contributed by atoms with Gasteiger partial charge in [-0.3, -0.25) is 0 Å². The van der Waals surface area contributed by atoms with Gasteiger partial charge >= 0.3 is 0 Å². The Kier molecular flexibility index (Phi) is 5.17. The van der Waals surface area contributed by atoms with Crippen molar-refractivity contribution in [3.05, 3.63) is 58.9 Å². The molecule has 126 valence electrons. The van der Waals surface area contributed by atoms with E-state index in [9.17, 15) is 0 Å². The van der Waals surface area contributed by atoms with E-state index in [1.807, 2.05) is 6.92 Å². The molecule has 0 aliphatic carbocycles. The second-order valence-corrected chi connectivity index (χ2v) is 5.44. The van der Waals surface area contributed by atoms with Crippen LogP contribution in [-0.2, 0) is 6.61 Å². The fourth-order valence-electron chi connectivity index (χ4n) is 2.13. The van der Waals surface area contributed by atoms with Crippen LogP contribution in [0.15, 0.2) is 46.9 Å². The Morgan fingerprint density at radius 2 is 1.88 bits per heavy atom. The van der Waals surface area contributed by atoms with Gasteiger partial charge in [0.05, 0.1) is 18.2 Å². The molecule has 0 radical (unpaired) electrons. The molecule has 0 saturated heterocycles. The zero-order valence-electron chi connectivity index (χ0n) is 13.4. The van der Waals surface area contributed by atoms with E-state index in [1.165, 1.54) is 0 Å². The summed E-state index contributed by atoms with van der Waals surface area (Å²) in [5, 5.41) is 17.6. The summed E-state index contributed by atoms with van der Waals surface area (Å²) in [6.45, 7) is 2.41. The van der Waals surface area contributed by atoms with E-state index in [0.29, 0.717) is 40.5 Å². The van der Waals surface area contributed by atoms with Gasteiger partial charge < -0.3 is 13.9 Å². The molecular weight excluding hydrogens is 342 g/mol. The Balaban J connectivity index is 1.72. The van der Waals surface area contributed by atoms with Crippen molar-refractivity contribution in [2.24, 2.45) is 0 Å². The molecule has 0 fully saturated rings. The maximum atomic E-state index is 8.97. The maximum Gasteiger partial charge on any atom is 0.254 e. The molecule has 0 aliphatic rings. The van der Waals surface area contributed by atoms with Crippen LogP contribution in [0.2, 0.25) is 5.02 Å². The molecule has 25 heavy (non-hydrogen) atoms. The molecule has 6 nitrogen and oxygen atoms in total. The third-order valence-electron chi connectivity index (χ3n) is 3.28. The number of hydrogen-bond acceptors (Lipinski definition) is 6. The Bertz CT molecular complexity index is 901. The number of ether oxygens (including phenoxy) is 2. The number of aromatic nitrogens is 2. The molecular formula is C18H14ClN3O3. The lowest BCUT2D eigenvalue weighted by atomic mass is 10.2. The van der Waals surface area contributed by atoms with Crippen LogP contribution in [0.1, 0.15) is 18.4 Å². The van der Waals surface area contributed by atoms with E-state index in [-0.39, 0.29) is 6.61 Å². The summed E-state index contributed by atoms with van der Waals surface area (Å²) in [7, 11) is 0. The molecule has 3 rings (SSSR count). The minimum atomic E-state index is 0.0898. The highest BCUT2D eigenvalue weighted by atomic mass is 35.5. The number of halogens is 1. The van der Waals surface area contributed by atoms with Crippen molar-refractivity contribution >= 4 is 11.6 Å². The Morgan fingerprint density at radius 1 is 1.08 bits per heavy atom. The largest absolute Gasteiger partial charge is 0.490 e. The van der Waals surface area contributed by atoms with Crippen molar-refractivity contribution in [2.45, 2.75) is 13.5 Å². The first kappa shape index (κ1) is 16.8. The van der Waals surface area contributed by atoms with Crippen molar-refractivity contribution < 1.29 is 13.9 Å². The fraction of sp³-hybridized carbons (Fsp3) is 0.167. The number of benzene rings is 2. The highest BCUT2D eigenvalue weighted by Gasteiger charge is 2.11. The topological polar surface area (TPSA) is 81.2 Å². The van der Waals surface area contributed by atoms with Gasteiger partial charge in [-0.15, -0.1) is 10.2 Å². The van der Waals surface area contributed by atoms with Crippen molar-refractivity contribution in [3.63, 3.8) is 0 Å². The number of nitrogens with zero attached hydrogens (tertiary/aromatic N) is 3. The molecule has 1 heterocycles. The molecule has 0 spiro atoms. The van der Waals surface area contributed by atoms with Crippen molar-refractivity contribution in [1.29, 1.82) is 5.26 Å². The van der Waals surface area contributed by atoms with Crippen LogP contribution in [0.5, 0.6) is 11.5 Å². The van der Waals surface area contributed by atoms with Crippen molar-refractivity contribution in [2.75, 3.05) is 6.61 Å². The molecule has 1 aromatic heterocycles. The first-order valence-electron chi connectivity index (χ1n) is 7.57.